The van der Waals surface area contributed by atoms with Crippen molar-refractivity contribution in [1.82, 2.24) is 9.13 Å². The van der Waals surface area contributed by atoms with Crippen LogP contribution in [0.15, 0.2) is 364 Å². The highest BCUT2D eigenvalue weighted by molar-refractivity contribution is 6.29. The molecule has 0 N–H and O–H groups in total. The van der Waals surface area contributed by atoms with E-state index >= 15 is 0 Å². The van der Waals surface area contributed by atoms with Gasteiger partial charge in [-0.15, -0.1) is 0 Å². The molecule has 0 saturated carbocycles. The molecule has 0 fully saturated rings. The van der Waals surface area contributed by atoms with Crippen LogP contribution in [0.25, 0.3) is 239 Å². The fourth-order valence-corrected chi connectivity index (χ4v) is 18.6. The van der Waals surface area contributed by atoms with Gasteiger partial charge in [-0.3, -0.25) is 0 Å². The van der Waals surface area contributed by atoms with Gasteiger partial charge >= 0.3 is 0 Å². The number of hydrogen-bond donors (Lipinski definition) is 0. The molecular formula is C106H60N4. The predicted molar refractivity (Wildman–Crippen MR) is 467 cm³/mol. The van der Waals surface area contributed by atoms with E-state index in [1.54, 1.807) is 0 Å². The van der Waals surface area contributed by atoms with E-state index in [-0.39, 0.29) is 0 Å². The molecule has 110 heavy (non-hydrogen) atoms. The van der Waals surface area contributed by atoms with Gasteiger partial charge in [-0.05, 0) is 302 Å². The van der Waals surface area contributed by atoms with Crippen LogP contribution >= 0.6 is 0 Å². The highest BCUT2D eigenvalue weighted by atomic mass is 15.0. The van der Waals surface area contributed by atoms with Crippen molar-refractivity contribution in [2.45, 2.75) is 0 Å². The summed E-state index contributed by atoms with van der Waals surface area (Å²) < 4.78 is 4.65. The molecule has 4 heteroatoms. The molecule has 504 valence electrons. The summed E-state index contributed by atoms with van der Waals surface area (Å²) in [6.45, 7) is 15.6. The first-order valence-corrected chi connectivity index (χ1v) is 37.5. The normalized spacial score (nSPS) is 12.0. The van der Waals surface area contributed by atoms with Gasteiger partial charge in [0.25, 0.3) is 0 Å². The molecule has 0 amide bonds. The van der Waals surface area contributed by atoms with Gasteiger partial charge in [-0.2, -0.15) is 0 Å². The summed E-state index contributed by atoms with van der Waals surface area (Å²) in [5, 5.41) is 30.1. The third-order valence-corrected chi connectivity index (χ3v) is 23.6. The molecule has 0 aliphatic carbocycles. The number of para-hydroxylation sites is 2. The summed E-state index contributed by atoms with van der Waals surface area (Å²) in [6, 6.07) is 133. The van der Waals surface area contributed by atoms with E-state index in [2.05, 4.69) is 359 Å². The first kappa shape index (κ1) is 61.4. The largest absolute Gasteiger partial charge is 0.310 e. The van der Waals surface area contributed by atoms with Crippen LogP contribution in [0.5, 0.6) is 0 Å². The minimum atomic E-state index is 0.657. The van der Waals surface area contributed by atoms with Crippen molar-refractivity contribution in [3.05, 3.63) is 387 Å². The lowest BCUT2D eigenvalue weighted by Crippen LogP contribution is -1.93. The number of aromatic nitrogens is 2. The number of hydrogen-bond acceptors (Lipinski definition) is 0. The van der Waals surface area contributed by atoms with E-state index < -0.39 is 0 Å². The smallest absolute Gasteiger partial charge is 0.189 e. The van der Waals surface area contributed by atoms with E-state index in [0.29, 0.717) is 11.4 Å². The molecule has 24 aromatic rings. The lowest BCUT2D eigenvalue weighted by Gasteiger charge is -2.15. The quantitative estimate of drug-likeness (QED) is 0.107. The summed E-state index contributed by atoms with van der Waals surface area (Å²) in [7, 11) is 0. The lowest BCUT2D eigenvalue weighted by molar-refractivity contribution is 1.18. The summed E-state index contributed by atoms with van der Waals surface area (Å²) in [5.74, 6) is 0. The second kappa shape index (κ2) is 23.8. The zero-order chi connectivity index (χ0) is 72.4. The van der Waals surface area contributed by atoms with Gasteiger partial charge in [0.05, 0.1) is 24.2 Å². The zero-order valence-corrected chi connectivity index (χ0v) is 59.4. The van der Waals surface area contributed by atoms with Gasteiger partial charge in [0, 0.05) is 44.0 Å². The molecule has 0 atom stereocenters. The van der Waals surface area contributed by atoms with E-state index in [1.165, 1.54) is 185 Å². The fourth-order valence-electron chi connectivity index (χ4n) is 18.6. The molecule has 0 spiro atoms. The third-order valence-electron chi connectivity index (χ3n) is 23.6. The standard InChI is InChI=1S/2C53H30N2/c1-54-44-29-40-23-22-39-26-42(30-48-52(39)53(40)49(31-44)55(48)45-10-3-2-4-11-45)33-16-14-32(15-17-33)41-24-35-18-20-37-27-43(28-38-21-19-36(25-41)50(35)51(37)38)47-13-7-9-34-8-5-6-12-46(34)47;1-54-46-29-42-22-21-41-28-45(30-48-52(41)53(42)49(31-46)55(48)47-9-3-2-4-10-47)34-13-11-33(12-14-34)43-24-37-17-19-39-26-44(27-40-20-18-38(25-43)50(37)51(39)40)36-16-15-32-7-5-6-8-35(32)23-36/h2*2-31H. The monoisotopic (exact) mass is 1390 g/mol. The maximum absolute atomic E-state index is 7.78. The number of benzene rings is 22. The van der Waals surface area contributed by atoms with Crippen molar-refractivity contribution in [1.29, 1.82) is 0 Å². The second-order valence-corrected chi connectivity index (χ2v) is 29.7. The first-order chi connectivity index (χ1) is 54.3. The molecular weight excluding hydrogens is 1330 g/mol. The topological polar surface area (TPSA) is 18.6 Å². The number of fused-ring (bicyclic) bond motifs is 2. The Morgan fingerprint density at radius 1 is 0.173 bits per heavy atom. The van der Waals surface area contributed by atoms with Crippen molar-refractivity contribution >= 4 is 163 Å². The van der Waals surface area contributed by atoms with Crippen LogP contribution in [0.1, 0.15) is 0 Å². The van der Waals surface area contributed by atoms with Crippen LogP contribution in [0.3, 0.4) is 0 Å². The van der Waals surface area contributed by atoms with Gasteiger partial charge in [-0.1, -0.05) is 237 Å². The average molecular weight is 1390 g/mol. The Kier molecular flexibility index (Phi) is 13.3. The molecule has 2 heterocycles. The molecule has 0 bridgehead atoms. The van der Waals surface area contributed by atoms with E-state index in [1.807, 2.05) is 24.3 Å². The zero-order valence-electron chi connectivity index (χ0n) is 59.4. The van der Waals surface area contributed by atoms with Crippen LogP contribution in [0.2, 0.25) is 0 Å². The van der Waals surface area contributed by atoms with E-state index in [9.17, 15) is 0 Å². The Balaban J connectivity index is 0.000000132. The minimum Gasteiger partial charge on any atom is -0.310 e. The Bertz CT molecular complexity index is 7860. The van der Waals surface area contributed by atoms with Crippen LogP contribution < -0.4 is 0 Å². The molecule has 0 aliphatic heterocycles. The highest BCUT2D eigenvalue weighted by Crippen LogP contribution is 2.48. The average Bonchev–Trinajstić information content (AvgIpc) is 1.66. The van der Waals surface area contributed by atoms with Crippen LogP contribution in [0, 0.1) is 13.1 Å². The number of rotatable bonds is 8. The Hall–Kier alpha value is -14.9. The van der Waals surface area contributed by atoms with Crippen LogP contribution in [-0.2, 0) is 0 Å². The van der Waals surface area contributed by atoms with Crippen molar-refractivity contribution in [3.8, 4) is 78.1 Å². The molecule has 0 unspecified atom stereocenters. The Labute approximate surface area is 632 Å². The van der Waals surface area contributed by atoms with Gasteiger partial charge in [0.15, 0.2) is 11.4 Å². The van der Waals surface area contributed by atoms with E-state index in [0.717, 1.165) is 44.2 Å². The highest BCUT2D eigenvalue weighted by Gasteiger charge is 2.23. The van der Waals surface area contributed by atoms with Crippen molar-refractivity contribution in [3.63, 3.8) is 0 Å². The maximum Gasteiger partial charge on any atom is 0.189 e. The lowest BCUT2D eigenvalue weighted by atomic mass is 9.88. The first-order valence-electron chi connectivity index (χ1n) is 37.5. The molecule has 22 aromatic carbocycles. The summed E-state index contributed by atoms with van der Waals surface area (Å²) in [5.41, 5.74) is 22.5. The van der Waals surface area contributed by atoms with Gasteiger partial charge in [0.2, 0.25) is 0 Å². The molecule has 0 saturated heterocycles. The number of nitrogens with zero attached hydrogens (tertiary/aromatic N) is 4. The molecule has 2 aromatic heterocycles. The summed E-state index contributed by atoms with van der Waals surface area (Å²) in [4.78, 5) is 7.63. The SMILES string of the molecule is [C-]#[N+]c1cc2ccc3cc(-c4ccc(-c5cc6ccc7cc(-c8ccc9ccccc9c8)cc8ccc(c5)c6c78)cc4)cc4c3c2c(c1)n4-c1ccccc1.[C-]#[N+]c1cc2ccc3cc(-c4ccc(-c5cc6ccc7cc(-c8cccc9ccccc89)cc8ccc(c5)c6c78)cc4)cc4c3c2c(c1)n4-c1ccccc1. The minimum absolute atomic E-state index is 0.657. The van der Waals surface area contributed by atoms with Crippen molar-refractivity contribution in [2.75, 3.05) is 0 Å². The summed E-state index contributed by atoms with van der Waals surface area (Å²) in [6.07, 6.45) is 0. The van der Waals surface area contributed by atoms with Crippen LogP contribution in [0.4, 0.5) is 11.4 Å². The van der Waals surface area contributed by atoms with Gasteiger partial charge < -0.3 is 9.13 Å². The summed E-state index contributed by atoms with van der Waals surface area (Å²) >= 11 is 0. The molecule has 4 nitrogen and oxygen atoms in total. The van der Waals surface area contributed by atoms with Gasteiger partial charge in [-0.25, -0.2) is 9.69 Å². The third kappa shape index (κ3) is 9.50. The van der Waals surface area contributed by atoms with Crippen molar-refractivity contribution < 1.29 is 0 Å². The predicted octanol–water partition coefficient (Wildman–Crippen LogP) is 30.0. The molecule has 24 rings (SSSR count). The molecule has 0 radical (unpaired) electrons. The maximum atomic E-state index is 7.78. The Morgan fingerprint density at radius 2 is 0.445 bits per heavy atom. The van der Waals surface area contributed by atoms with E-state index in [4.69, 9.17) is 13.1 Å². The Morgan fingerprint density at radius 3 is 0.836 bits per heavy atom. The fraction of sp³-hybridized carbons (Fsp3) is 0. The second-order valence-electron chi connectivity index (χ2n) is 29.7. The van der Waals surface area contributed by atoms with Crippen LogP contribution in [-0.4, -0.2) is 9.13 Å². The van der Waals surface area contributed by atoms with Gasteiger partial charge in [0.1, 0.15) is 0 Å². The van der Waals surface area contributed by atoms with Crippen molar-refractivity contribution in [2.24, 2.45) is 0 Å². The molecule has 0 aliphatic rings.